The molecule has 0 saturated carbocycles. The fourth-order valence-electron chi connectivity index (χ4n) is 3.95. The molecular weight excluding hydrogens is 388 g/mol. The number of nitrogens with zero attached hydrogens (tertiary/aromatic N) is 6. The van der Waals surface area contributed by atoms with Crippen molar-refractivity contribution in [1.29, 1.82) is 0 Å². The molecule has 2 N–H and O–H groups in total. The van der Waals surface area contributed by atoms with Crippen molar-refractivity contribution in [3.63, 3.8) is 0 Å². The molecule has 3 aromatic heterocycles. The van der Waals surface area contributed by atoms with E-state index in [4.69, 9.17) is 0 Å². The molecule has 1 fully saturated rings. The van der Waals surface area contributed by atoms with Gasteiger partial charge in [-0.25, -0.2) is 15.0 Å². The summed E-state index contributed by atoms with van der Waals surface area (Å²) in [5, 5.41) is 7.78. The third-order valence-electron chi connectivity index (χ3n) is 5.56. The monoisotopic (exact) mass is 412 g/mol. The number of rotatable bonds is 4. The van der Waals surface area contributed by atoms with Gasteiger partial charge in [-0.3, -0.25) is 9.97 Å². The van der Waals surface area contributed by atoms with Crippen molar-refractivity contribution < 1.29 is 0 Å². The SMILES string of the molecule is Cc1c(-c2cnc(N3CCCNCC3)nc2)ccc2c(Nc3cnccn3)ccnc12. The first-order chi connectivity index (χ1) is 15.3. The molecule has 0 unspecified atom stereocenters. The highest BCUT2D eigenvalue weighted by Gasteiger charge is 2.14. The van der Waals surface area contributed by atoms with Crippen molar-refractivity contribution >= 4 is 28.4 Å². The molecule has 0 atom stereocenters. The second-order valence-electron chi connectivity index (χ2n) is 7.57. The van der Waals surface area contributed by atoms with Crippen LogP contribution in [0.1, 0.15) is 12.0 Å². The zero-order chi connectivity index (χ0) is 21.0. The molecule has 31 heavy (non-hydrogen) atoms. The predicted octanol–water partition coefficient (Wildman–Crippen LogP) is 3.33. The lowest BCUT2D eigenvalue weighted by molar-refractivity contribution is 0.724. The van der Waals surface area contributed by atoms with Crippen molar-refractivity contribution in [3.8, 4) is 11.1 Å². The average molecular weight is 413 g/mol. The molecule has 0 radical (unpaired) electrons. The van der Waals surface area contributed by atoms with E-state index in [0.717, 1.165) is 71.8 Å². The summed E-state index contributed by atoms with van der Waals surface area (Å²) in [6.45, 7) is 6.01. The molecule has 1 saturated heterocycles. The summed E-state index contributed by atoms with van der Waals surface area (Å²) in [6.07, 6.45) is 11.8. The zero-order valence-corrected chi connectivity index (χ0v) is 17.4. The summed E-state index contributed by atoms with van der Waals surface area (Å²) < 4.78 is 0. The van der Waals surface area contributed by atoms with Crippen LogP contribution in [0.4, 0.5) is 17.5 Å². The van der Waals surface area contributed by atoms with Gasteiger partial charge in [-0.15, -0.1) is 0 Å². The second kappa shape index (κ2) is 8.61. The van der Waals surface area contributed by atoms with Crippen molar-refractivity contribution in [1.82, 2.24) is 30.2 Å². The average Bonchev–Trinajstić information content (AvgIpc) is 3.10. The van der Waals surface area contributed by atoms with Crippen molar-refractivity contribution in [3.05, 3.63) is 60.9 Å². The van der Waals surface area contributed by atoms with Crippen molar-refractivity contribution in [2.75, 3.05) is 36.4 Å². The molecule has 5 rings (SSSR count). The summed E-state index contributed by atoms with van der Waals surface area (Å²) in [5.74, 6) is 1.49. The smallest absolute Gasteiger partial charge is 0.225 e. The number of benzene rings is 1. The first-order valence-corrected chi connectivity index (χ1v) is 10.5. The number of pyridine rings is 1. The van der Waals surface area contributed by atoms with Gasteiger partial charge in [0.15, 0.2) is 0 Å². The Labute approximate surface area is 180 Å². The Morgan fingerprint density at radius 1 is 0.903 bits per heavy atom. The van der Waals surface area contributed by atoms with E-state index in [1.54, 1.807) is 18.6 Å². The molecule has 8 heteroatoms. The van der Waals surface area contributed by atoms with Crippen LogP contribution in [0.5, 0.6) is 0 Å². The number of anilines is 3. The normalized spacial score (nSPS) is 14.4. The highest BCUT2D eigenvalue weighted by Crippen LogP contribution is 2.32. The van der Waals surface area contributed by atoms with Gasteiger partial charge in [-0.1, -0.05) is 12.1 Å². The number of hydrogen-bond donors (Lipinski definition) is 2. The van der Waals surface area contributed by atoms with Crippen LogP contribution in [0.2, 0.25) is 0 Å². The number of hydrogen-bond acceptors (Lipinski definition) is 8. The van der Waals surface area contributed by atoms with Crippen molar-refractivity contribution in [2.45, 2.75) is 13.3 Å². The molecular formula is C23H24N8. The van der Waals surface area contributed by atoms with Crippen LogP contribution in [0.15, 0.2) is 55.4 Å². The molecule has 0 spiro atoms. The Morgan fingerprint density at radius 3 is 2.65 bits per heavy atom. The topological polar surface area (TPSA) is 91.8 Å². The number of nitrogens with one attached hydrogen (secondary N) is 2. The van der Waals surface area contributed by atoms with Gasteiger partial charge >= 0.3 is 0 Å². The largest absolute Gasteiger partial charge is 0.340 e. The maximum Gasteiger partial charge on any atom is 0.225 e. The van der Waals surface area contributed by atoms with Gasteiger partial charge in [0, 0.05) is 61.6 Å². The van der Waals surface area contributed by atoms with Crippen LogP contribution < -0.4 is 15.5 Å². The van der Waals surface area contributed by atoms with Gasteiger partial charge in [0.2, 0.25) is 5.95 Å². The Kier molecular flexibility index (Phi) is 5.37. The minimum atomic E-state index is 0.699. The Bertz CT molecular complexity index is 1170. The molecule has 4 heterocycles. The molecule has 0 aliphatic carbocycles. The Morgan fingerprint density at radius 2 is 1.81 bits per heavy atom. The van der Waals surface area contributed by atoms with E-state index in [0.29, 0.717) is 5.82 Å². The van der Waals surface area contributed by atoms with Crippen LogP contribution in [0.3, 0.4) is 0 Å². The van der Waals surface area contributed by atoms with E-state index in [1.807, 2.05) is 24.7 Å². The summed E-state index contributed by atoms with van der Waals surface area (Å²) >= 11 is 0. The zero-order valence-electron chi connectivity index (χ0n) is 17.4. The lowest BCUT2D eigenvalue weighted by atomic mass is 9.99. The molecule has 156 valence electrons. The molecule has 0 amide bonds. The van der Waals surface area contributed by atoms with Gasteiger partial charge in [-0.05, 0) is 37.1 Å². The highest BCUT2D eigenvalue weighted by atomic mass is 15.3. The third-order valence-corrected chi connectivity index (χ3v) is 5.56. The van der Waals surface area contributed by atoms with Gasteiger partial charge in [0.05, 0.1) is 17.4 Å². The summed E-state index contributed by atoms with van der Waals surface area (Å²) in [6, 6.07) is 6.14. The van der Waals surface area contributed by atoms with Gasteiger partial charge < -0.3 is 15.5 Å². The minimum absolute atomic E-state index is 0.699. The standard InChI is InChI=1S/C23H24N8/c1-16-18(17-13-28-23(29-14-17)31-11-2-6-24-10-12-31)3-4-19-20(5-7-27-22(16)19)30-21-15-25-8-9-26-21/h3-5,7-9,13-15,24H,2,6,10-12H2,1H3,(H,26,27,30). The van der Waals surface area contributed by atoms with Gasteiger partial charge in [0.25, 0.3) is 0 Å². The van der Waals surface area contributed by atoms with E-state index in [2.05, 4.69) is 59.5 Å². The fourth-order valence-corrected chi connectivity index (χ4v) is 3.95. The first kappa shape index (κ1) is 19.3. The lowest BCUT2D eigenvalue weighted by Crippen LogP contribution is -2.29. The Balaban J connectivity index is 1.46. The van der Waals surface area contributed by atoms with Crippen LogP contribution >= 0.6 is 0 Å². The van der Waals surface area contributed by atoms with Crippen LogP contribution in [-0.4, -0.2) is 51.1 Å². The Hall–Kier alpha value is -3.65. The van der Waals surface area contributed by atoms with Crippen LogP contribution in [-0.2, 0) is 0 Å². The van der Waals surface area contributed by atoms with E-state index < -0.39 is 0 Å². The maximum atomic E-state index is 4.65. The van der Waals surface area contributed by atoms with E-state index in [9.17, 15) is 0 Å². The fraction of sp³-hybridized carbons (Fsp3) is 0.261. The highest BCUT2D eigenvalue weighted by molar-refractivity contribution is 5.97. The summed E-state index contributed by atoms with van der Waals surface area (Å²) in [7, 11) is 0. The minimum Gasteiger partial charge on any atom is -0.340 e. The van der Waals surface area contributed by atoms with Crippen molar-refractivity contribution in [2.24, 2.45) is 0 Å². The molecule has 0 bridgehead atoms. The summed E-state index contributed by atoms with van der Waals surface area (Å²) in [5.41, 5.74) is 5.05. The van der Waals surface area contributed by atoms with E-state index in [1.165, 1.54) is 0 Å². The third kappa shape index (κ3) is 4.02. The number of aryl methyl sites for hydroxylation is 1. The lowest BCUT2D eigenvalue weighted by Gasteiger charge is -2.19. The van der Waals surface area contributed by atoms with Crippen LogP contribution in [0, 0.1) is 6.92 Å². The molecule has 8 nitrogen and oxygen atoms in total. The molecule has 1 aliphatic rings. The quantitative estimate of drug-likeness (QED) is 0.527. The molecule has 1 aliphatic heterocycles. The first-order valence-electron chi connectivity index (χ1n) is 10.5. The predicted molar refractivity (Wildman–Crippen MR) is 123 cm³/mol. The van der Waals surface area contributed by atoms with Crippen LogP contribution in [0.25, 0.3) is 22.0 Å². The van der Waals surface area contributed by atoms with Gasteiger partial charge in [-0.2, -0.15) is 0 Å². The maximum absolute atomic E-state index is 4.65. The molecule has 4 aromatic rings. The number of aromatic nitrogens is 5. The van der Waals surface area contributed by atoms with Gasteiger partial charge in [0.1, 0.15) is 5.82 Å². The summed E-state index contributed by atoms with van der Waals surface area (Å²) in [4.78, 5) is 24.6. The molecule has 1 aromatic carbocycles. The number of fused-ring (bicyclic) bond motifs is 1. The second-order valence-corrected chi connectivity index (χ2v) is 7.57. The van der Waals surface area contributed by atoms with E-state index in [-0.39, 0.29) is 0 Å². The van der Waals surface area contributed by atoms with E-state index >= 15 is 0 Å².